The third-order valence-electron chi connectivity index (χ3n) is 1.54. The Morgan fingerprint density at radius 2 is 2.20 bits per heavy atom. The molecule has 2 rings (SSSR count). The van der Waals surface area contributed by atoms with Crippen molar-refractivity contribution in [2.75, 3.05) is 6.67 Å². The largest absolute Gasteiger partial charge is 0.372 e. The molecule has 0 amide bonds. The van der Waals surface area contributed by atoms with E-state index in [1.807, 2.05) is 30.5 Å². The van der Waals surface area contributed by atoms with E-state index in [1.54, 1.807) is 0 Å². The van der Waals surface area contributed by atoms with Crippen LogP contribution < -0.4 is 15.9 Å². The van der Waals surface area contributed by atoms with Crippen molar-refractivity contribution in [1.29, 1.82) is 0 Å². The highest BCUT2D eigenvalue weighted by Crippen LogP contribution is 1.74. The van der Waals surface area contributed by atoms with Gasteiger partial charge in [0.05, 0.1) is 5.36 Å². The van der Waals surface area contributed by atoms with Crippen LogP contribution in [0.1, 0.15) is 0 Å². The van der Waals surface area contributed by atoms with Crippen LogP contribution in [0.2, 0.25) is 0 Å². The van der Waals surface area contributed by atoms with Gasteiger partial charge in [-0.3, -0.25) is 4.99 Å². The van der Waals surface area contributed by atoms with Gasteiger partial charge < -0.3 is 5.32 Å². The number of hydrogen-bond acceptors (Lipinski definition) is 2. The first-order valence-corrected chi connectivity index (χ1v) is 3.30. The second kappa shape index (κ2) is 2.14. The Labute approximate surface area is 58.9 Å². The van der Waals surface area contributed by atoms with Crippen LogP contribution in [0, 0.1) is 0 Å². The van der Waals surface area contributed by atoms with Crippen LogP contribution >= 0.6 is 0 Å². The van der Waals surface area contributed by atoms with Gasteiger partial charge in [-0.2, -0.15) is 0 Å². The van der Waals surface area contributed by atoms with Gasteiger partial charge in [-0.25, -0.2) is 0 Å². The van der Waals surface area contributed by atoms with Gasteiger partial charge in [0.2, 0.25) is 0 Å². The lowest BCUT2D eigenvalue weighted by atomic mass is 10.3. The highest BCUT2D eigenvalue weighted by atomic mass is 15.0. The lowest BCUT2D eigenvalue weighted by Crippen LogP contribution is -2.32. The summed E-state index contributed by atoms with van der Waals surface area (Å²) in [4.78, 5) is 4.25. The van der Waals surface area contributed by atoms with Gasteiger partial charge >= 0.3 is 0 Å². The molecule has 0 atom stereocenters. The second-order valence-corrected chi connectivity index (χ2v) is 2.22. The quantitative estimate of drug-likeness (QED) is 0.510. The number of hydrogen-bond donors (Lipinski definition) is 1. The fourth-order valence-electron chi connectivity index (χ4n) is 1.04. The third-order valence-corrected chi connectivity index (χ3v) is 1.54. The Hall–Kier alpha value is -1.31. The number of rotatable bonds is 0. The Balaban J connectivity index is 2.84. The van der Waals surface area contributed by atoms with Crippen molar-refractivity contribution in [3.63, 3.8) is 0 Å². The highest BCUT2D eigenvalue weighted by Gasteiger charge is 1.88. The first-order chi connectivity index (χ1) is 4.97. The number of para-hydroxylation sites is 1. The SMILES string of the molecule is C1=c2ccccc2=NCN1. The maximum absolute atomic E-state index is 4.25. The van der Waals surface area contributed by atoms with Crippen LogP contribution in [0.5, 0.6) is 0 Å². The Morgan fingerprint density at radius 3 is 3.10 bits per heavy atom. The van der Waals surface area contributed by atoms with E-state index >= 15 is 0 Å². The summed E-state index contributed by atoms with van der Waals surface area (Å²) >= 11 is 0. The van der Waals surface area contributed by atoms with Gasteiger partial charge in [0.15, 0.2) is 0 Å². The molecule has 1 aromatic rings. The molecule has 2 heteroatoms. The molecule has 1 aliphatic heterocycles. The molecule has 2 nitrogen and oxygen atoms in total. The summed E-state index contributed by atoms with van der Waals surface area (Å²) in [6.45, 7) is 0.705. The zero-order valence-electron chi connectivity index (χ0n) is 5.54. The van der Waals surface area contributed by atoms with E-state index in [0.29, 0.717) is 6.67 Å². The topological polar surface area (TPSA) is 24.4 Å². The molecular formula is C8H8N2. The molecule has 1 N–H and O–H groups in total. The van der Waals surface area contributed by atoms with Crippen molar-refractivity contribution in [3.05, 3.63) is 34.8 Å². The first kappa shape index (κ1) is 5.47. The van der Waals surface area contributed by atoms with Gasteiger partial charge in [0.25, 0.3) is 0 Å². The lowest BCUT2D eigenvalue weighted by molar-refractivity contribution is 0.867. The molecule has 0 saturated carbocycles. The molecule has 50 valence electrons. The normalized spacial score (nSPS) is 14.0. The Morgan fingerprint density at radius 1 is 1.30 bits per heavy atom. The van der Waals surface area contributed by atoms with E-state index in [0.717, 1.165) is 5.36 Å². The minimum Gasteiger partial charge on any atom is -0.372 e. The summed E-state index contributed by atoms with van der Waals surface area (Å²) in [6.07, 6.45) is 1.99. The number of nitrogens with zero attached hydrogens (tertiary/aromatic N) is 1. The molecule has 0 radical (unpaired) electrons. The standard InChI is InChI=1S/C8H8N2/c1-2-4-8-7(3-1)5-9-6-10-8/h1-5,9H,6H2. The second-order valence-electron chi connectivity index (χ2n) is 2.22. The highest BCUT2D eigenvalue weighted by molar-refractivity contribution is 5.22. The van der Waals surface area contributed by atoms with Crippen LogP contribution in [-0.2, 0) is 0 Å². The van der Waals surface area contributed by atoms with Crippen LogP contribution in [0.25, 0.3) is 6.20 Å². The minimum atomic E-state index is 0.705. The van der Waals surface area contributed by atoms with E-state index in [1.165, 1.54) is 5.22 Å². The molecule has 0 spiro atoms. The van der Waals surface area contributed by atoms with E-state index in [2.05, 4.69) is 10.3 Å². The summed E-state index contributed by atoms with van der Waals surface area (Å²) in [5, 5.41) is 5.31. The van der Waals surface area contributed by atoms with E-state index in [9.17, 15) is 0 Å². The molecule has 0 aliphatic carbocycles. The molecule has 10 heavy (non-hydrogen) atoms. The van der Waals surface area contributed by atoms with Gasteiger partial charge in [0, 0.05) is 11.4 Å². The average Bonchev–Trinajstić information content (AvgIpc) is 2.05. The molecule has 0 unspecified atom stereocenters. The van der Waals surface area contributed by atoms with Crippen molar-refractivity contribution in [1.82, 2.24) is 5.32 Å². The molecule has 1 heterocycles. The molecule has 0 aromatic heterocycles. The van der Waals surface area contributed by atoms with Crippen molar-refractivity contribution in [2.45, 2.75) is 0 Å². The van der Waals surface area contributed by atoms with Crippen LogP contribution in [0.3, 0.4) is 0 Å². The Kier molecular flexibility index (Phi) is 1.17. The van der Waals surface area contributed by atoms with Gasteiger partial charge in [-0.15, -0.1) is 0 Å². The predicted octanol–water partition coefficient (Wildman–Crippen LogP) is -0.395. The summed E-state index contributed by atoms with van der Waals surface area (Å²) in [7, 11) is 0. The molecule has 1 aromatic carbocycles. The number of fused-ring (bicyclic) bond motifs is 1. The minimum absolute atomic E-state index is 0.705. The molecule has 0 fully saturated rings. The average molecular weight is 132 g/mol. The number of nitrogens with one attached hydrogen (secondary N) is 1. The summed E-state index contributed by atoms with van der Waals surface area (Å²) in [5.74, 6) is 0. The van der Waals surface area contributed by atoms with Crippen LogP contribution in [0.4, 0.5) is 0 Å². The predicted molar refractivity (Wildman–Crippen MR) is 39.7 cm³/mol. The number of benzene rings is 1. The molecular weight excluding hydrogens is 124 g/mol. The maximum Gasteiger partial charge on any atom is 0.108 e. The summed E-state index contributed by atoms with van der Waals surface area (Å²) in [6, 6.07) is 8.08. The molecule has 0 saturated heterocycles. The van der Waals surface area contributed by atoms with E-state index in [-0.39, 0.29) is 0 Å². The zero-order chi connectivity index (χ0) is 6.81. The van der Waals surface area contributed by atoms with Crippen molar-refractivity contribution in [3.8, 4) is 0 Å². The van der Waals surface area contributed by atoms with E-state index in [4.69, 9.17) is 0 Å². The van der Waals surface area contributed by atoms with Crippen LogP contribution in [-0.4, -0.2) is 6.67 Å². The summed E-state index contributed by atoms with van der Waals surface area (Å²) < 4.78 is 0. The van der Waals surface area contributed by atoms with Crippen LogP contribution in [0.15, 0.2) is 29.3 Å². The third kappa shape index (κ3) is 0.778. The van der Waals surface area contributed by atoms with Crippen molar-refractivity contribution >= 4 is 6.20 Å². The lowest BCUT2D eigenvalue weighted by Gasteiger charge is -2.00. The van der Waals surface area contributed by atoms with Crippen molar-refractivity contribution < 1.29 is 0 Å². The summed E-state index contributed by atoms with van der Waals surface area (Å²) in [5.41, 5.74) is 0. The first-order valence-electron chi connectivity index (χ1n) is 3.30. The molecule has 0 bridgehead atoms. The zero-order valence-corrected chi connectivity index (χ0v) is 5.54. The molecule has 1 aliphatic rings. The van der Waals surface area contributed by atoms with Crippen molar-refractivity contribution in [2.24, 2.45) is 4.99 Å². The van der Waals surface area contributed by atoms with E-state index < -0.39 is 0 Å². The van der Waals surface area contributed by atoms with Gasteiger partial charge in [0.1, 0.15) is 6.67 Å². The van der Waals surface area contributed by atoms with Gasteiger partial charge in [-0.05, 0) is 6.07 Å². The Bertz CT molecular complexity index is 306. The van der Waals surface area contributed by atoms with Gasteiger partial charge in [-0.1, -0.05) is 18.2 Å². The monoisotopic (exact) mass is 132 g/mol. The smallest absolute Gasteiger partial charge is 0.108 e. The fraction of sp³-hybridized carbons (Fsp3) is 0.125. The maximum atomic E-state index is 4.25. The fourth-order valence-corrected chi connectivity index (χ4v) is 1.04.